The van der Waals surface area contributed by atoms with Gasteiger partial charge in [0, 0.05) is 67.5 Å². The lowest BCUT2D eigenvalue weighted by molar-refractivity contribution is -0.145. The molecule has 0 aliphatic carbocycles. The second-order valence-corrected chi connectivity index (χ2v) is 17.5. The van der Waals surface area contributed by atoms with Gasteiger partial charge in [-0.25, -0.2) is 8.42 Å². The number of pyridine rings is 1. The summed E-state index contributed by atoms with van der Waals surface area (Å²) in [7, 11) is -3.49. The minimum atomic E-state index is -3.49. The molecule has 0 radical (unpaired) electrons. The summed E-state index contributed by atoms with van der Waals surface area (Å²) < 4.78 is 43.0. The normalized spacial score (nSPS) is 18.9. The predicted molar refractivity (Wildman–Crippen MR) is 219 cm³/mol. The van der Waals surface area contributed by atoms with E-state index in [9.17, 15) is 33.3 Å². The van der Waals surface area contributed by atoms with E-state index in [4.69, 9.17) is 37.4 Å². The highest BCUT2D eigenvalue weighted by Gasteiger charge is 2.35. The lowest BCUT2D eigenvalue weighted by atomic mass is 9.96. The summed E-state index contributed by atoms with van der Waals surface area (Å²) in [5, 5.41) is 30.1. The maximum Gasteiger partial charge on any atom is 0.321 e. The maximum atomic E-state index is 12.2. The van der Waals surface area contributed by atoms with Crippen LogP contribution in [0.15, 0.2) is 71.9 Å². The Bertz CT molecular complexity index is 2240. The van der Waals surface area contributed by atoms with E-state index in [-0.39, 0.29) is 31.1 Å². The number of rotatable bonds is 17. The van der Waals surface area contributed by atoms with Crippen LogP contribution < -0.4 is 14.2 Å². The molecule has 3 heterocycles. The van der Waals surface area contributed by atoms with E-state index in [1.165, 1.54) is 18.5 Å². The number of β-amino-alcohol motifs (C(OH)–C–C–N with tert-alkyl or cyclic N) is 1. The van der Waals surface area contributed by atoms with Crippen molar-refractivity contribution in [3.05, 3.63) is 99.3 Å². The number of carboxylic acids is 2. The lowest BCUT2D eigenvalue weighted by Gasteiger charge is -2.33. The monoisotopic (exact) mass is 855 g/mol. The SMILES string of the molecule is Cc1c(COc2cc(OCc3cncc(S(C)(=O)=O)c3)c(CN3CCCC[C@H]3C(=O)O)cc2Cl)cccc1-c1cccc(OCCCN2C[C@H](O)C[C@H]2C(=O)O)c1Cl. The summed E-state index contributed by atoms with van der Waals surface area (Å²) in [6, 6.07) is 14.9. The molecule has 2 fully saturated rings. The van der Waals surface area contributed by atoms with Gasteiger partial charge < -0.3 is 29.5 Å². The van der Waals surface area contributed by atoms with Gasteiger partial charge >= 0.3 is 11.9 Å². The molecule has 58 heavy (non-hydrogen) atoms. The molecule has 2 aliphatic heterocycles. The molecule has 2 saturated heterocycles. The Labute approximate surface area is 348 Å². The molecule has 0 amide bonds. The number of aliphatic hydroxyl groups is 1. The molecule has 16 heteroatoms. The summed E-state index contributed by atoms with van der Waals surface area (Å²) in [6.07, 6.45) is 6.24. The van der Waals surface area contributed by atoms with Gasteiger partial charge in [0.05, 0.1) is 27.7 Å². The molecular weight excluding hydrogens is 809 g/mol. The predicted octanol–water partition coefficient (Wildman–Crippen LogP) is 6.65. The number of aliphatic hydroxyl groups excluding tert-OH is 1. The molecule has 13 nitrogen and oxygen atoms in total. The van der Waals surface area contributed by atoms with Gasteiger partial charge in [-0.2, -0.15) is 0 Å². The van der Waals surface area contributed by atoms with Gasteiger partial charge in [0.1, 0.15) is 42.5 Å². The summed E-state index contributed by atoms with van der Waals surface area (Å²) in [5.41, 5.74) is 4.61. The summed E-state index contributed by atoms with van der Waals surface area (Å²) in [5.74, 6) is -0.585. The molecule has 0 spiro atoms. The molecular formula is C42H47Cl2N3O10S. The molecule has 3 N–H and O–H groups in total. The van der Waals surface area contributed by atoms with Crippen molar-refractivity contribution in [3.8, 4) is 28.4 Å². The van der Waals surface area contributed by atoms with Gasteiger partial charge in [0.2, 0.25) is 0 Å². The number of piperidine rings is 1. The average Bonchev–Trinajstić information content (AvgIpc) is 3.57. The number of ether oxygens (including phenoxy) is 3. The Hall–Kier alpha value is -4.44. The first kappa shape index (κ1) is 43.1. The smallest absolute Gasteiger partial charge is 0.321 e. The minimum Gasteiger partial charge on any atom is -0.492 e. The van der Waals surface area contributed by atoms with Gasteiger partial charge in [-0.3, -0.25) is 24.4 Å². The second kappa shape index (κ2) is 19.1. The van der Waals surface area contributed by atoms with Crippen LogP contribution in [0.25, 0.3) is 11.1 Å². The van der Waals surface area contributed by atoms with Crippen LogP contribution in [0.5, 0.6) is 17.2 Å². The standard InChI is InChI=1S/C42H47Cl2N3O10S/c1-26-28(8-5-9-32(26)33-10-6-12-37(40(33)44)55-15-7-14-47-23-30(48)18-36(47)42(51)52)25-57-39-19-38(56-24-27-16-31(21-45-20-27)58(2,53)54)29(17-34(39)43)22-46-13-4-3-11-35(46)41(49)50/h5-6,8-10,12,16-17,19-21,30,35-36,48H,3-4,7,11,13-15,18,22-25H2,1-2H3,(H,49,50)(H,51,52)/t30-,35+,36+/m1/s1. The number of hydrogen-bond donors (Lipinski definition) is 3. The molecule has 3 atom stereocenters. The summed E-state index contributed by atoms with van der Waals surface area (Å²) in [4.78, 5) is 31.5. The van der Waals surface area contributed by atoms with Gasteiger partial charge in [0.15, 0.2) is 9.84 Å². The van der Waals surface area contributed by atoms with E-state index < -0.39 is 40.0 Å². The van der Waals surface area contributed by atoms with Crippen LogP contribution in [0, 0.1) is 6.92 Å². The quantitative estimate of drug-likeness (QED) is 0.0964. The molecule has 0 bridgehead atoms. The highest BCUT2D eigenvalue weighted by Crippen LogP contribution is 2.39. The van der Waals surface area contributed by atoms with Crippen LogP contribution in [0.2, 0.25) is 10.0 Å². The number of aromatic nitrogens is 1. The third kappa shape index (κ3) is 10.6. The van der Waals surface area contributed by atoms with Crippen LogP contribution in [0.3, 0.4) is 0 Å². The highest BCUT2D eigenvalue weighted by molar-refractivity contribution is 7.90. The topological polar surface area (TPSA) is 176 Å². The molecule has 6 rings (SSSR count). The van der Waals surface area contributed by atoms with Crippen molar-refractivity contribution in [1.29, 1.82) is 0 Å². The third-order valence-corrected chi connectivity index (χ3v) is 12.3. The van der Waals surface area contributed by atoms with Crippen molar-refractivity contribution in [2.24, 2.45) is 0 Å². The zero-order chi connectivity index (χ0) is 41.6. The van der Waals surface area contributed by atoms with Crippen molar-refractivity contribution in [3.63, 3.8) is 0 Å². The van der Waals surface area contributed by atoms with Gasteiger partial charge in [-0.05, 0) is 67.6 Å². The Morgan fingerprint density at radius 3 is 2.36 bits per heavy atom. The van der Waals surface area contributed by atoms with Crippen molar-refractivity contribution in [2.45, 2.75) is 81.9 Å². The van der Waals surface area contributed by atoms with Gasteiger partial charge in [0.25, 0.3) is 0 Å². The van der Waals surface area contributed by atoms with E-state index in [0.717, 1.165) is 41.4 Å². The molecule has 310 valence electrons. The minimum absolute atomic E-state index is 0.00868. The largest absolute Gasteiger partial charge is 0.492 e. The van der Waals surface area contributed by atoms with Gasteiger partial charge in [-0.15, -0.1) is 0 Å². The van der Waals surface area contributed by atoms with E-state index in [1.54, 1.807) is 23.1 Å². The number of halogens is 2. The molecule has 0 saturated carbocycles. The number of aliphatic carboxylic acids is 2. The van der Waals surface area contributed by atoms with Crippen molar-refractivity contribution in [2.75, 3.05) is 32.5 Å². The van der Waals surface area contributed by atoms with E-state index in [2.05, 4.69) is 4.98 Å². The lowest BCUT2D eigenvalue weighted by Crippen LogP contribution is -2.44. The Balaban J connectivity index is 1.18. The van der Waals surface area contributed by atoms with Crippen molar-refractivity contribution in [1.82, 2.24) is 14.8 Å². The first-order chi connectivity index (χ1) is 27.7. The van der Waals surface area contributed by atoms with Crippen LogP contribution in [0.1, 0.15) is 54.4 Å². The van der Waals surface area contributed by atoms with E-state index >= 15 is 0 Å². The molecule has 4 aromatic rings. The van der Waals surface area contributed by atoms with Crippen molar-refractivity contribution < 1.29 is 47.5 Å². The van der Waals surface area contributed by atoms with Crippen LogP contribution in [-0.4, -0.2) is 101 Å². The fourth-order valence-corrected chi connectivity index (χ4v) is 8.62. The zero-order valence-corrected chi connectivity index (χ0v) is 34.6. The Morgan fingerprint density at radius 2 is 1.60 bits per heavy atom. The molecule has 2 aliphatic rings. The summed E-state index contributed by atoms with van der Waals surface area (Å²) >= 11 is 13.7. The second-order valence-electron chi connectivity index (χ2n) is 14.7. The first-order valence-corrected chi connectivity index (χ1v) is 21.7. The molecule has 0 unspecified atom stereocenters. The molecule has 1 aromatic heterocycles. The number of hydrogen-bond acceptors (Lipinski definition) is 11. The van der Waals surface area contributed by atoms with E-state index in [1.807, 2.05) is 42.2 Å². The van der Waals surface area contributed by atoms with E-state index in [0.29, 0.717) is 77.5 Å². The Morgan fingerprint density at radius 1 is 0.862 bits per heavy atom. The fourth-order valence-electron chi connectivity index (χ4n) is 7.48. The zero-order valence-electron chi connectivity index (χ0n) is 32.3. The van der Waals surface area contributed by atoms with Gasteiger partial charge in [-0.1, -0.05) is 60.0 Å². The van der Waals surface area contributed by atoms with Crippen LogP contribution in [-0.2, 0) is 39.2 Å². The number of benzene rings is 3. The van der Waals surface area contributed by atoms with Crippen molar-refractivity contribution >= 4 is 45.0 Å². The number of likely N-dealkylation sites (tertiary alicyclic amines) is 2. The number of carboxylic acid groups (broad SMARTS) is 2. The fraction of sp³-hybridized carbons (Fsp3) is 0.405. The Kier molecular flexibility index (Phi) is 14.2. The first-order valence-electron chi connectivity index (χ1n) is 19.0. The third-order valence-electron chi connectivity index (χ3n) is 10.6. The van der Waals surface area contributed by atoms with Crippen LogP contribution >= 0.6 is 23.2 Å². The number of sulfone groups is 1. The maximum absolute atomic E-state index is 12.2. The number of carbonyl (C=O) groups is 2. The molecule has 3 aromatic carbocycles. The average molecular weight is 857 g/mol. The summed E-state index contributed by atoms with van der Waals surface area (Å²) in [6.45, 7) is 4.06. The highest BCUT2D eigenvalue weighted by atomic mass is 35.5. The van der Waals surface area contributed by atoms with Crippen LogP contribution in [0.4, 0.5) is 0 Å². The number of nitrogens with zero attached hydrogens (tertiary/aromatic N) is 3.